The average molecular weight is 294 g/mol. The van der Waals surface area contributed by atoms with Gasteiger partial charge in [0, 0.05) is 31.4 Å². The number of rotatable bonds is 9. The van der Waals surface area contributed by atoms with Gasteiger partial charge in [0.25, 0.3) is 0 Å². The highest BCUT2D eigenvalue weighted by Gasteiger charge is 2.26. The Balaban J connectivity index is 2.80. The molecule has 0 aliphatic carbocycles. The van der Waals surface area contributed by atoms with E-state index in [-0.39, 0.29) is 11.2 Å². The third-order valence-corrected chi connectivity index (χ3v) is 3.94. The third-order valence-electron chi connectivity index (χ3n) is 3.94. The molecule has 0 amide bonds. The van der Waals surface area contributed by atoms with Crippen LogP contribution in [-0.2, 0) is 0 Å². The maximum atomic E-state index is 13.1. The Labute approximate surface area is 129 Å². The maximum Gasteiger partial charge on any atom is 0.123 e. The molecule has 1 aromatic carbocycles. The van der Waals surface area contributed by atoms with Crippen LogP contribution in [0.4, 0.5) is 10.1 Å². The molecule has 0 saturated heterocycles. The second-order valence-corrected chi connectivity index (χ2v) is 6.59. The fourth-order valence-corrected chi connectivity index (χ4v) is 2.78. The van der Waals surface area contributed by atoms with Gasteiger partial charge < -0.3 is 10.2 Å². The monoisotopic (exact) mass is 294 g/mol. The summed E-state index contributed by atoms with van der Waals surface area (Å²) in [4.78, 5) is 2.34. The first-order chi connectivity index (χ1) is 9.90. The molecule has 1 aromatic rings. The number of halogens is 1. The number of hydrogen-bond acceptors (Lipinski definition) is 2. The molecule has 0 bridgehead atoms. The summed E-state index contributed by atoms with van der Waals surface area (Å²) in [5.41, 5.74) is 1.33. The quantitative estimate of drug-likeness (QED) is 0.723. The molecule has 1 atom stereocenters. The first-order valence-corrected chi connectivity index (χ1v) is 8.14. The molecular formula is C18H31FN2. The lowest BCUT2D eigenvalue weighted by atomic mass is 9.84. The summed E-state index contributed by atoms with van der Waals surface area (Å²) in [7, 11) is 0. The van der Waals surface area contributed by atoms with Crippen molar-refractivity contribution in [3.8, 4) is 0 Å². The highest BCUT2D eigenvalue weighted by Crippen LogP contribution is 2.27. The SMILES string of the molecule is CCCC(C)(CNC(C)C)CN(CC)c1ccc(F)cc1. The molecule has 3 heteroatoms. The van der Waals surface area contributed by atoms with Crippen LogP contribution in [0.25, 0.3) is 0 Å². The van der Waals surface area contributed by atoms with Crippen LogP contribution in [-0.4, -0.2) is 25.7 Å². The smallest absolute Gasteiger partial charge is 0.123 e. The molecule has 120 valence electrons. The van der Waals surface area contributed by atoms with Crippen LogP contribution in [0.3, 0.4) is 0 Å². The number of hydrogen-bond donors (Lipinski definition) is 1. The Hall–Kier alpha value is -1.09. The van der Waals surface area contributed by atoms with Gasteiger partial charge >= 0.3 is 0 Å². The van der Waals surface area contributed by atoms with Crippen molar-refractivity contribution in [1.29, 1.82) is 0 Å². The summed E-state index contributed by atoms with van der Waals surface area (Å²) in [6.45, 7) is 14.0. The Morgan fingerprint density at radius 3 is 2.29 bits per heavy atom. The summed E-state index contributed by atoms with van der Waals surface area (Å²) >= 11 is 0. The highest BCUT2D eigenvalue weighted by molar-refractivity contribution is 5.46. The van der Waals surface area contributed by atoms with E-state index in [0.717, 1.165) is 25.3 Å². The van der Waals surface area contributed by atoms with Gasteiger partial charge in [-0.25, -0.2) is 4.39 Å². The van der Waals surface area contributed by atoms with Crippen molar-refractivity contribution in [2.75, 3.05) is 24.5 Å². The summed E-state index contributed by atoms with van der Waals surface area (Å²) in [6, 6.07) is 7.34. The molecule has 0 fully saturated rings. The van der Waals surface area contributed by atoms with E-state index >= 15 is 0 Å². The minimum absolute atomic E-state index is 0.174. The average Bonchev–Trinajstić information content (AvgIpc) is 2.44. The van der Waals surface area contributed by atoms with Crippen molar-refractivity contribution >= 4 is 5.69 Å². The third kappa shape index (κ3) is 6.04. The Kier molecular flexibility index (Phi) is 7.16. The first-order valence-electron chi connectivity index (χ1n) is 8.14. The molecule has 1 N–H and O–H groups in total. The molecule has 21 heavy (non-hydrogen) atoms. The molecule has 0 aromatic heterocycles. The van der Waals surface area contributed by atoms with Crippen LogP contribution in [0.2, 0.25) is 0 Å². The Bertz CT molecular complexity index is 402. The van der Waals surface area contributed by atoms with Gasteiger partial charge in [0.1, 0.15) is 5.82 Å². The van der Waals surface area contributed by atoms with Crippen molar-refractivity contribution in [3.05, 3.63) is 30.1 Å². The summed E-state index contributed by atoms with van der Waals surface area (Å²) in [5, 5.41) is 3.57. The molecule has 0 spiro atoms. The lowest BCUT2D eigenvalue weighted by molar-refractivity contribution is 0.273. The van der Waals surface area contributed by atoms with Crippen molar-refractivity contribution in [2.45, 2.75) is 53.5 Å². The lowest BCUT2D eigenvalue weighted by Crippen LogP contribution is -2.44. The van der Waals surface area contributed by atoms with Crippen LogP contribution >= 0.6 is 0 Å². The minimum atomic E-state index is -0.174. The minimum Gasteiger partial charge on any atom is -0.371 e. The largest absolute Gasteiger partial charge is 0.371 e. The molecule has 0 aliphatic rings. The maximum absolute atomic E-state index is 13.1. The predicted molar refractivity (Wildman–Crippen MR) is 90.4 cm³/mol. The van der Waals surface area contributed by atoms with Crippen molar-refractivity contribution in [2.24, 2.45) is 5.41 Å². The van der Waals surface area contributed by atoms with E-state index in [1.165, 1.54) is 12.8 Å². The van der Waals surface area contributed by atoms with E-state index in [4.69, 9.17) is 0 Å². The number of anilines is 1. The van der Waals surface area contributed by atoms with Crippen LogP contribution in [0.5, 0.6) is 0 Å². The zero-order valence-electron chi connectivity index (χ0n) is 14.2. The molecular weight excluding hydrogens is 263 g/mol. The second-order valence-electron chi connectivity index (χ2n) is 6.59. The molecule has 2 nitrogen and oxygen atoms in total. The van der Waals surface area contributed by atoms with Crippen LogP contribution < -0.4 is 10.2 Å². The highest BCUT2D eigenvalue weighted by atomic mass is 19.1. The number of nitrogens with zero attached hydrogens (tertiary/aromatic N) is 1. The lowest BCUT2D eigenvalue weighted by Gasteiger charge is -2.37. The predicted octanol–water partition coefficient (Wildman–Crippen LogP) is 4.46. The van der Waals surface area contributed by atoms with E-state index in [0.29, 0.717) is 6.04 Å². The van der Waals surface area contributed by atoms with Gasteiger partial charge in [-0.1, -0.05) is 34.1 Å². The summed E-state index contributed by atoms with van der Waals surface area (Å²) in [5.74, 6) is -0.174. The molecule has 0 heterocycles. The van der Waals surface area contributed by atoms with Gasteiger partial charge in [0.05, 0.1) is 0 Å². The van der Waals surface area contributed by atoms with Gasteiger partial charge in [0.2, 0.25) is 0 Å². The van der Waals surface area contributed by atoms with E-state index in [9.17, 15) is 4.39 Å². The van der Waals surface area contributed by atoms with Crippen molar-refractivity contribution < 1.29 is 4.39 Å². The van der Waals surface area contributed by atoms with Gasteiger partial charge in [-0.2, -0.15) is 0 Å². The summed E-state index contributed by atoms with van der Waals surface area (Å²) in [6.07, 6.45) is 2.36. The van der Waals surface area contributed by atoms with E-state index < -0.39 is 0 Å². The normalized spacial score (nSPS) is 14.2. The number of nitrogens with one attached hydrogen (secondary N) is 1. The van der Waals surface area contributed by atoms with Crippen molar-refractivity contribution in [3.63, 3.8) is 0 Å². The van der Waals surface area contributed by atoms with Gasteiger partial charge in [-0.05, 0) is 43.0 Å². The standard InChI is InChI=1S/C18H31FN2/c1-6-12-18(5,13-20-15(3)4)14-21(7-2)17-10-8-16(19)9-11-17/h8-11,15,20H,6-7,12-14H2,1-5H3. The fourth-order valence-electron chi connectivity index (χ4n) is 2.78. The molecule has 1 rings (SSSR count). The molecule has 0 saturated carbocycles. The first kappa shape index (κ1) is 18.0. The topological polar surface area (TPSA) is 15.3 Å². The van der Waals surface area contributed by atoms with E-state index in [1.54, 1.807) is 12.1 Å². The molecule has 1 unspecified atom stereocenters. The fraction of sp³-hybridized carbons (Fsp3) is 0.667. The van der Waals surface area contributed by atoms with Crippen LogP contribution in [0.15, 0.2) is 24.3 Å². The number of benzene rings is 1. The Morgan fingerprint density at radius 2 is 1.81 bits per heavy atom. The summed E-state index contributed by atoms with van der Waals surface area (Å²) < 4.78 is 13.1. The van der Waals surface area contributed by atoms with Gasteiger partial charge in [-0.3, -0.25) is 0 Å². The Morgan fingerprint density at radius 1 is 1.19 bits per heavy atom. The molecule has 0 aliphatic heterocycles. The molecule has 0 radical (unpaired) electrons. The van der Waals surface area contributed by atoms with Crippen LogP contribution in [0, 0.1) is 11.2 Å². The van der Waals surface area contributed by atoms with Gasteiger partial charge in [0.15, 0.2) is 0 Å². The van der Waals surface area contributed by atoms with Crippen molar-refractivity contribution in [1.82, 2.24) is 5.32 Å². The van der Waals surface area contributed by atoms with Crippen LogP contribution in [0.1, 0.15) is 47.5 Å². The zero-order valence-corrected chi connectivity index (χ0v) is 14.2. The van der Waals surface area contributed by atoms with E-state index in [2.05, 4.69) is 44.8 Å². The van der Waals surface area contributed by atoms with E-state index in [1.807, 2.05) is 12.1 Å². The zero-order chi connectivity index (χ0) is 15.9. The van der Waals surface area contributed by atoms with Gasteiger partial charge in [-0.15, -0.1) is 0 Å². The second kappa shape index (κ2) is 8.38.